The quantitative estimate of drug-likeness (QED) is 0.490. The average molecular weight is 417 g/mol. The number of aromatic carboxylic acids is 1. The van der Waals surface area contributed by atoms with Crippen molar-refractivity contribution >= 4 is 17.4 Å². The Morgan fingerprint density at radius 3 is 2.47 bits per heavy atom. The fourth-order valence-electron chi connectivity index (χ4n) is 2.91. The number of alkyl halides is 3. The molecular weight excluding hydrogens is 406 g/mol. The number of hydrogen-bond acceptors (Lipinski definition) is 5. The molecule has 3 aromatic heterocycles. The highest BCUT2D eigenvalue weighted by atomic mass is 19.4. The minimum atomic E-state index is -4.68. The molecule has 0 aliphatic carbocycles. The van der Waals surface area contributed by atoms with E-state index in [1.165, 1.54) is 28.9 Å². The standard InChI is InChI=1S/C19H11F4N5O2/c20-13-6-9(1-2-11(13)18(29)30)15-8-25-16-4-3-14(27-28(15)16)10-5-12(19(21,22)23)17(24)26-7-10/h1-8H,(H2,24,26)(H,29,30). The third-order valence-corrected chi connectivity index (χ3v) is 4.38. The topological polar surface area (TPSA) is 106 Å². The van der Waals surface area contributed by atoms with E-state index in [0.717, 1.165) is 24.4 Å². The fraction of sp³-hybridized carbons (Fsp3) is 0.0526. The molecule has 0 atom stereocenters. The van der Waals surface area contributed by atoms with Gasteiger partial charge in [0.05, 0.1) is 28.7 Å². The van der Waals surface area contributed by atoms with Crippen molar-refractivity contribution in [3.8, 4) is 22.5 Å². The van der Waals surface area contributed by atoms with Gasteiger partial charge in [-0.3, -0.25) is 0 Å². The summed E-state index contributed by atoms with van der Waals surface area (Å²) in [4.78, 5) is 18.7. The third-order valence-electron chi connectivity index (χ3n) is 4.38. The molecule has 0 spiro atoms. The van der Waals surface area contributed by atoms with Crippen LogP contribution < -0.4 is 5.73 Å². The summed E-state index contributed by atoms with van der Waals surface area (Å²) < 4.78 is 54.8. The van der Waals surface area contributed by atoms with Gasteiger partial charge in [-0.25, -0.2) is 23.7 Å². The molecule has 0 saturated carbocycles. The summed E-state index contributed by atoms with van der Waals surface area (Å²) in [5.74, 6) is -3.00. The van der Waals surface area contributed by atoms with E-state index in [0.29, 0.717) is 16.9 Å². The van der Waals surface area contributed by atoms with Crippen molar-refractivity contribution in [1.82, 2.24) is 19.6 Å². The number of anilines is 1. The number of carboxylic acids is 1. The molecule has 7 nitrogen and oxygen atoms in total. The molecule has 3 heterocycles. The van der Waals surface area contributed by atoms with Crippen LogP contribution in [-0.4, -0.2) is 30.7 Å². The molecule has 30 heavy (non-hydrogen) atoms. The van der Waals surface area contributed by atoms with Crippen molar-refractivity contribution < 1.29 is 27.5 Å². The normalized spacial score (nSPS) is 11.7. The molecule has 0 bridgehead atoms. The molecule has 1 aromatic carbocycles. The van der Waals surface area contributed by atoms with Crippen molar-refractivity contribution in [1.29, 1.82) is 0 Å². The van der Waals surface area contributed by atoms with Crippen LogP contribution in [0.3, 0.4) is 0 Å². The molecule has 0 saturated heterocycles. The minimum absolute atomic E-state index is 0.0745. The van der Waals surface area contributed by atoms with Gasteiger partial charge >= 0.3 is 12.1 Å². The Bertz CT molecular complexity index is 1300. The van der Waals surface area contributed by atoms with E-state index >= 15 is 0 Å². The van der Waals surface area contributed by atoms with Crippen LogP contribution >= 0.6 is 0 Å². The first kappa shape index (κ1) is 19.3. The van der Waals surface area contributed by atoms with E-state index < -0.39 is 34.9 Å². The Hall–Kier alpha value is -4.02. The number of benzene rings is 1. The van der Waals surface area contributed by atoms with E-state index in [1.54, 1.807) is 0 Å². The second kappa shape index (κ2) is 6.79. The summed E-state index contributed by atoms with van der Waals surface area (Å²) in [5, 5.41) is 13.2. The van der Waals surface area contributed by atoms with Crippen LogP contribution in [0.4, 0.5) is 23.4 Å². The van der Waals surface area contributed by atoms with E-state index in [4.69, 9.17) is 10.8 Å². The lowest BCUT2D eigenvalue weighted by Crippen LogP contribution is -2.10. The van der Waals surface area contributed by atoms with E-state index in [2.05, 4.69) is 15.1 Å². The zero-order valence-electron chi connectivity index (χ0n) is 14.9. The molecule has 0 radical (unpaired) electrons. The minimum Gasteiger partial charge on any atom is -0.478 e. The number of pyridine rings is 1. The van der Waals surface area contributed by atoms with Crippen molar-refractivity contribution in [2.75, 3.05) is 5.73 Å². The van der Waals surface area contributed by atoms with Crippen LogP contribution in [-0.2, 0) is 6.18 Å². The molecule has 0 unspecified atom stereocenters. The maximum atomic E-state index is 14.1. The lowest BCUT2D eigenvalue weighted by atomic mass is 10.1. The van der Waals surface area contributed by atoms with Gasteiger partial charge in [0.1, 0.15) is 11.6 Å². The van der Waals surface area contributed by atoms with Crippen LogP contribution in [0.15, 0.2) is 48.8 Å². The highest BCUT2D eigenvalue weighted by Gasteiger charge is 2.34. The molecule has 0 aliphatic rings. The first-order valence-electron chi connectivity index (χ1n) is 8.36. The molecular formula is C19H11F4N5O2. The van der Waals surface area contributed by atoms with Gasteiger partial charge in [-0.1, -0.05) is 6.07 Å². The monoisotopic (exact) mass is 417 g/mol. The van der Waals surface area contributed by atoms with Gasteiger partial charge in [-0.05, 0) is 30.3 Å². The first-order valence-corrected chi connectivity index (χ1v) is 8.36. The van der Waals surface area contributed by atoms with Gasteiger partial charge in [0.15, 0.2) is 5.65 Å². The molecule has 4 rings (SSSR count). The number of rotatable bonds is 3. The fourth-order valence-corrected chi connectivity index (χ4v) is 2.91. The summed E-state index contributed by atoms with van der Waals surface area (Å²) >= 11 is 0. The van der Waals surface area contributed by atoms with Crippen LogP contribution in [0.5, 0.6) is 0 Å². The maximum Gasteiger partial charge on any atom is 0.419 e. The summed E-state index contributed by atoms with van der Waals surface area (Å²) in [7, 11) is 0. The van der Waals surface area contributed by atoms with Crippen LogP contribution in [0.25, 0.3) is 28.2 Å². The van der Waals surface area contributed by atoms with Gasteiger partial charge in [0, 0.05) is 17.3 Å². The zero-order valence-corrected chi connectivity index (χ0v) is 14.9. The van der Waals surface area contributed by atoms with Crippen molar-refractivity contribution in [2.24, 2.45) is 0 Å². The second-order valence-electron chi connectivity index (χ2n) is 6.29. The summed E-state index contributed by atoms with van der Waals surface area (Å²) in [6.07, 6.45) is -2.12. The maximum absolute atomic E-state index is 14.1. The number of carboxylic acid groups (broad SMARTS) is 1. The van der Waals surface area contributed by atoms with Gasteiger partial charge in [-0.15, -0.1) is 0 Å². The van der Waals surface area contributed by atoms with Gasteiger partial charge in [0.25, 0.3) is 0 Å². The Kier molecular flexibility index (Phi) is 4.37. The Labute approximate surface area is 165 Å². The molecule has 3 N–H and O–H groups in total. The predicted octanol–water partition coefficient (Wildman–Crippen LogP) is 3.90. The van der Waals surface area contributed by atoms with E-state index in [-0.39, 0.29) is 11.3 Å². The number of imidazole rings is 1. The molecule has 11 heteroatoms. The lowest BCUT2D eigenvalue weighted by Gasteiger charge is -2.11. The number of hydrogen-bond donors (Lipinski definition) is 2. The molecule has 152 valence electrons. The predicted molar refractivity (Wildman–Crippen MR) is 98.0 cm³/mol. The third kappa shape index (κ3) is 3.30. The molecule has 0 aliphatic heterocycles. The number of nitrogen functional groups attached to an aromatic ring is 1. The van der Waals surface area contributed by atoms with Crippen molar-refractivity contribution in [3.63, 3.8) is 0 Å². The summed E-state index contributed by atoms with van der Waals surface area (Å²) in [5.41, 5.74) is 4.96. The SMILES string of the molecule is Nc1ncc(-c2ccc3ncc(-c4ccc(C(=O)O)c(F)c4)n3n2)cc1C(F)(F)F. The van der Waals surface area contributed by atoms with E-state index in [1.807, 2.05) is 0 Å². The van der Waals surface area contributed by atoms with Crippen LogP contribution in [0.2, 0.25) is 0 Å². The summed E-state index contributed by atoms with van der Waals surface area (Å²) in [6.45, 7) is 0. The number of carbonyl (C=O) groups is 1. The number of halogens is 4. The average Bonchev–Trinajstić information content (AvgIpc) is 3.10. The highest BCUT2D eigenvalue weighted by molar-refractivity contribution is 5.88. The Morgan fingerprint density at radius 1 is 1.03 bits per heavy atom. The van der Waals surface area contributed by atoms with Crippen molar-refractivity contribution in [3.05, 3.63) is 65.7 Å². The molecule has 0 fully saturated rings. The number of aromatic nitrogens is 4. The Balaban J connectivity index is 1.83. The summed E-state index contributed by atoms with van der Waals surface area (Å²) in [6, 6.07) is 7.35. The van der Waals surface area contributed by atoms with Gasteiger partial charge < -0.3 is 10.8 Å². The molecule has 0 amide bonds. The zero-order chi connectivity index (χ0) is 21.6. The number of fused-ring (bicyclic) bond motifs is 1. The van der Waals surface area contributed by atoms with E-state index in [9.17, 15) is 22.4 Å². The second-order valence-corrected chi connectivity index (χ2v) is 6.29. The molecule has 4 aromatic rings. The smallest absolute Gasteiger partial charge is 0.419 e. The van der Waals surface area contributed by atoms with Crippen LogP contribution in [0.1, 0.15) is 15.9 Å². The number of nitrogens with two attached hydrogens (primary N) is 1. The first-order chi connectivity index (χ1) is 14.1. The number of nitrogens with zero attached hydrogens (tertiary/aromatic N) is 4. The lowest BCUT2D eigenvalue weighted by molar-refractivity contribution is -0.137. The van der Waals surface area contributed by atoms with Gasteiger partial charge in [0.2, 0.25) is 0 Å². The van der Waals surface area contributed by atoms with Crippen LogP contribution in [0, 0.1) is 5.82 Å². The van der Waals surface area contributed by atoms with Gasteiger partial charge in [-0.2, -0.15) is 18.3 Å². The largest absolute Gasteiger partial charge is 0.478 e. The Morgan fingerprint density at radius 2 is 1.80 bits per heavy atom. The van der Waals surface area contributed by atoms with Crippen molar-refractivity contribution in [2.45, 2.75) is 6.18 Å². The highest BCUT2D eigenvalue weighted by Crippen LogP contribution is 2.35.